The summed E-state index contributed by atoms with van der Waals surface area (Å²) in [4.78, 5) is 0. The molecule has 1 N–H and O–H groups in total. The molecule has 1 fully saturated rings. The summed E-state index contributed by atoms with van der Waals surface area (Å²) in [5.74, 6) is 0.727. The molecular weight excluding hydrogens is 234 g/mol. The topological polar surface area (TPSA) is 29.9 Å². The van der Waals surface area contributed by atoms with E-state index in [0.29, 0.717) is 0 Å². The largest absolute Gasteiger partial charge is 0.316 e. The van der Waals surface area contributed by atoms with Crippen LogP contribution in [0.25, 0.3) is 11.1 Å². The predicted molar refractivity (Wildman–Crippen MR) is 78.1 cm³/mol. The average molecular weight is 255 g/mol. The number of hydrogen-bond acceptors (Lipinski definition) is 2. The van der Waals surface area contributed by atoms with E-state index in [0.717, 1.165) is 31.2 Å². The van der Waals surface area contributed by atoms with Gasteiger partial charge in [0, 0.05) is 18.3 Å². The minimum absolute atomic E-state index is 0.727. The third kappa shape index (κ3) is 2.71. The number of hydrogen-bond donors (Lipinski definition) is 1. The summed E-state index contributed by atoms with van der Waals surface area (Å²) in [6.45, 7) is 7.53. The Labute approximate surface area is 114 Å². The quantitative estimate of drug-likeness (QED) is 0.914. The van der Waals surface area contributed by atoms with Gasteiger partial charge in [-0.3, -0.25) is 4.68 Å². The SMILES string of the molecule is Cc1cccc(-c2cn(CC3CCNC3)nc2C)c1. The Kier molecular flexibility index (Phi) is 3.38. The summed E-state index contributed by atoms with van der Waals surface area (Å²) in [5, 5.41) is 8.08. The lowest BCUT2D eigenvalue weighted by molar-refractivity contribution is 0.448. The number of aromatic nitrogens is 2. The Morgan fingerprint density at radius 3 is 3.00 bits per heavy atom. The Morgan fingerprint density at radius 1 is 1.37 bits per heavy atom. The molecule has 0 saturated carbocycles. The highest BCUT2D eigenvalue weighted by molar-refractivity contribution is 5.65. The van der Waals surface area contributed by atoms with Gasteiger partial charge in [0.1, 0.15) is 0 Å². The summed E-state index contributed by atoms with van der Waals surface area (Å²) in [6, 6.07) is 8.64. The molecule has 19 heavy (non-hydrogen) atoms. The van der Waals surface area contributed by atoms with Gasteiger partial charge in [0.25, 0.3) is 0 Å². The summed E-state index contributed by atoms with van der Waals surface area (Å²) >= 11 is 0. The van der Waals surface area contributed by atoms with Crippen molar-refractivity contribution in [1.82, 2.24) is 15.1 Å². The van der Waals surface area contributed by atoms with E-state index in [-0.39, 0.29) is 0 Å². The lowest BCUT2D eigenvalue weighted by Crippen LogP contribution is -2.14. The van der Waals surface area contributed by atoms with Gasteiger partial charge in [-0.25, -0.2) is 0 Å². The van der Waals surface area contributed by atoms with Crippen LogP contribution in [0.2, 0.25) is 0 Å². The van der Waals surface area contributed by atoms with Crippen LogP contribution >= 0.6 is 0 Å². The highest BCUT2D eigenvalue weighted by Crippen LogP contribution is 2.24. The van der Waals surface area contributed by atoms with Crippen molar-refractivity contribution in [3.8, 4) is 11.1 Å². The Bertz CT molecular complexity index is 565. The van der Waals surface area contributed by atoms with Gasteiger partial charge in [-0.05, 0) is 44.8 Å². The summed E-state index contributed by atoms with van der Waals surface area (Å²) in [6.07, 6.45) is 3.46. The van der Waals surface area contributed by atoms with E-state index in [9.17, 15) is 0 Å². The molecule has 0 bridgehead atoms. The first-order chi connectivity index (χ1) is 9.22. The minimum atomic E-state index is 0.727. The smallest absolute Gasteiger partial charge is 0.0672 e. The lowest BCUT2D eigenvalue weighted by Gasteiger charge is -2.07. The number of rotatable bonds is 3. The Balaban J connectivity index is 1.84. The van der Waals surface area contributed by atoms with Crippen LogP contribution in [-0.4, -0.2) is 22.9 Å². The second-order valence-electron chi connectivity index (χ2n) is 5.58. The molecule has 1 aromatic carbocycles. The van der Waals surface area contributed by atoms with Crippen molar-refractivity contribution in [2.45, 2.75) is 26.8 Å². The molecule has 1 saturated heterocycles. The zero-order valence-electron chi connectivity index (χ0n) is 11.7. The Morgan fingerprint density at radius 2 is 2.26 bits per heavy atom. The van der Waals surface area contributed by atoms with E-state index in [1.165, 1.54) is 23.1 Å². The summed E-state index contributed by atoms with van der Waals surface area (Å²) < 4.78 is 2.12. The van der Waals surface area contributed by atoms with Crippen LogP contribution in [0.1, 0.15) is 17.7 Å². The zero-order valence-corrected chi connectivity index (χ0v) is 11.7. The van der Waals surface area contributed by atoms with Crippen LogP contribution in [0.15, 0.2) is 30.5 Å². The van der Waals surface area contributed by atoms with E-state index in [2.05, 4.69) is 59.4 Å². The van der Waals surface area contributed by atoms with Crippen molar-refractivity contribution in [2.75, 3.05) is 13.1 Å². The van der Waals surface area contributed by atoms with Gasteiger partial charge in [0.2, 0.25) is 0 Å². The fraction of sp³-hybridized carbons (Fsp3) is 0.438. The monoisotopic (exact) mass is 255 g/mol. The maximum absolute atomic E-state index is 4.67. The van der Waals surface area contributed by atoms with Crippen molar-refractivity contribution >= 4 is 0 Å². The number of benzene rings is 1. The first-order valence-corrected chi connectivity index (χ1v) is 7.04. The molecule has 3 rings (SSSR count). The fourth-order valence-corrected chi connectivity index (χ4v) is 2.84. The summed E-state index contributed by atoms with van der Waals surface area (Å²) in [7, 11) is 0. The predicted octanol–water partition coefficient (Wildman–Crippen LogP) is 2.78. The van der Waals surface area contributed by atoms with Crippen molar-refractivity contribution < 1.29 is 0 Å². The van der Waals surface area contributed by atoms with Crippen LogP contribution in [0.4, 0.5) is 0 Å². The molecule has 100 valence electrons. The van der Waals surface area contributed by atoms with E-state index in [1.54, 1.807) is 0 Å². The molecule has 3 nitrogen and oxygen atoms in total. The van der Waals surface area contributed by atoms with Gasteiger partial charge in [-0.2, -0.15) is 5.10 Å². The molecule has 0 spiro atoms. The number of nitrogens with zero attached hydrogens (tertiary/aromatic N) is 2. The summed E-state index contributed by atoms with van der Waals surface area (Å²) in [5.41, 5.74) is 4.95. The molecule has 0 amide bonds. The molecule has 1 aliphatic heterocycles. The van der Waals surface area contributed by atoms with Gasteiger partial charge in [0.15, 0.2) is 0 Å². The van der Waals surface area contributed by atoms with Gasteiger partial charge in [0.05, 0.1) is 5.69 Å². The van der Waals surface area contributed by atoms with E-state index < -0.39 is 0 Å². The van der Waals surface area contributed by atoms with Gasteiger partial charge in [-0.1, -0.05) is 29.8 Å². The van der Waals surface area contributed by atoms with Crippen molar-refractivity contribution in [3.05, 3.63) is 41.7 Å². The van der Waals surface area contributed by atoms with Crippen molar-refractivity contribution in [2.24, 2.45) is 5.92 Å². The van der Waals surface area contributed by atoms with Gasteiger partial charge in [-0.15, -0.1) is 0 Å². The maximum Gasteiger partial charge on any atom is 0.0672 e. The van der Waals surface area contributed by atoms with Crippen molar-refractivity contribution in [3.63, 3.8) is 0 Å². The van der Waals surface area contributed by atoms with E-state index in [1.807, 2.05) is 0 Å². The normalized spacial score (nSPS) is 18.9. The average Bonchev–Trinajstić information content (AvgIpc) is 3.00. The van der Waals surface area contributed by atoms with E-state index in [4.69, 9.17) is 0 Å². The molecule has 0 aliphatic carbocycles. The van der Waals surface area contributed by atoms with Crippen LogP contribution in [0.3, 0.4) is 0 Å². The van der Waals surface area contributed by atoms with Gasteiger partial charge >= 0.3 is 0 Å². The third-order valence-corrected chi connectivity index (χ3v) is 3.88. The molecule has 2 aromatic rings. The van der Waals surface area contributed by atoms with Crippen LogP contribution in [0.5, 0.6) is 0 Å². The zero-order chi connectivity index (χ0) is 13.2. The molecule has 1 unspecified atom stereocenters. The fourth-order valence-electron chi connectivity index (χ4n) is 2.84. The minimum Gasteiger partial charge on any atom is -0.316 e. The molecule has 2 heterocycles. The van der Waals surface area contributed by atoms with Crippen LogP contribution in [0, 0.1) is 19.8 Å². The Hall–Kier alpha value is -1.61. The molecular formula is C16H21N3. The van der Waals surface area contributed by atoms with Crippen molar-refractivity contribution in [1.29, 1.82) is 0 Å². The molecule has 3 heteroatoms. The van der Waals surface area contributed by atoms with Gasteiger partial charge < -0.3 is 5.32 Å². The van der Waals surface area contributed by atoms with Crippen LogP contribution in [-0.2, 0) is 6.54 Å². The molecule has 1 aromatic heterocycles. The molecule has 0 radical (unpaired) electrons. The molecule has 1 atom stereocenters. The second-order valence-corrected chi connectivity index (χ2v) is 5.58. The standard InChI is InChI=1S/C16H21N3/c1-12-4-3-5-15(8-12)16-11-19(18-13(16)2)10-14-6-7-17-9-14/h3-5,8,11,14,17H,6-7,9-10H2,1-2H3. The highest BCUT2D eigenvalue weighted by atomic mass is 15.3. The number of aryl methyl sites for hydroxylation is 2. The third-order valence-electron chi connectivity index (χ3n) is 3.88. The lowest BCUT2D eigenvalue weighted by atomic mass is 10.0. The van der Waals surface area contributed by atoms with Crippen LogP contribution < -0.4 is 5.32 Å². The number of nitrogens with one attached hydrogen (secondary N) is 1. The first kappa shape index (κ1) is 12.4. The molecule has 1 aliphatic rings. The maximum atomic E-state index is 4.67. The first-order valence-electron chi connectivity index (χ1n) is 7.04. The highest BCUT2D eigenvalue weighted by Gasteiger charge is 2.16. The second kappa shape index (κ2) is 5.17. The van der Waals surface area contributed by atoms with E-state index >= 15 is 0 Å².